The molecule has 2 N–H and O–H groups in total. The predicted molar refractivity (Wildman–Crippen MR) is 99.4 cm³/mol. The van der Waals surface area contributed by atoms with Gasteiger partial charge < -0.3 is 15.4 Å². The lowest BCUT2D eigenvalue weighted by Gasteiger charge is -2.20. The van der Waals surface area contributed by atoms with E-state index in [1.165, 1.54) is 13.1 Å². The van der Waals surface area contributed by atoms with E-state index in [0.717, 1.165) is 12.1 Å². The van der Waals surface area contributed by atoms with Crippen molar-refractivity contribution in [2.24, 2.45) is 0 Å². The second-order valence-electron chi connectivity index (χ2n) is 6.19. The molecule has 2 amide bonds. The second-order valence-corrected chi connectivity index (χ2v) is 6.19. The van der Waals surface area contributed by atoms with Gasteiger partial charge in [-0.2, -0.15) is 0 Å². The maximum Gasteiger partial charge on any atom is 0.334 e. The van der Waals surface area contributed by atoms with E-state index in [-0.39, 0.29) is 24.3 Å². The second kappa shape index (κ2) is 10.3. The highest BCUT2D eigenvalue weighted by Gasteiger charge is 2.27. The number of nitrogens with zero attached hydrogens (tertiary/aromatic N) is 1. The zero-order valence-electron chi connectivity index (χ0n) is 15.9. The fourth-order valence-electron chi connectivity index (χ4n) is 2.55. The Labute approximate surface area is 166 Å². The number of esters is 1. The molecule has 1 unspecified atom stereocenters. The summed E-state index contributed by atoms with van der Waals surface area (Å²) in [5, 5.41) is 4.92. The lowest BCUT2D eigenvalue weighted by Crippen LogP contribution is -2.48. The van der Waals surface area contributed by atoms with Crippen LogP contribution < -0.4 is 10.6 Å². The maximum atomic E-state index is 13.2. The molecule has 0 bridgehead atoms. The van der Waals surface area contributed by atoms with Gasteiger partial charge in [-0.1, -0.05) is 6.07 Å². The molecule has 0 aliphatic rings. The van der Waals surface area contributed by atoms with Crippen LogP contribution in [0.5, 0.6) is 0 Å². The van der Waals surface area contributed by atoms with E-state index in [2.05, 4.69) is 15.6 Å². The van der Waals surface area contributed by atoms with Crippen LogP contribution in [0.3, 0.4) is 0 Å². The Hall–Kier alpha value is -3.36. The summed E-state index contributed by atoms with van der Waals surface area (Å²) in [7, 11) is 0. The van der Waals surface area contributed by atoms with Gasteiger partial charge in [-0.05, 0) is 43.7 Å². The van der Waals surface area contributed by atoms with Gasteiger partial charge in [0.25, 0.3) is 0 Å². The van der Waals surface area contributed by atoms with E-state index in [1.807, 2.05) is 0 Å². The summed E-state index contributed by atoms with van der Waals surface area (Å²) in [6.45, 7) is 3.17. The minimum Gasteiger partial charge on any atom is -0.464 e. The zero-order valence-corrected chi connectivity index (χ0v) is 15.9. The number of carbonyl (C=O) groups is 3. The lowest BCUT2D eigenvalue weighted by molar-refractivity contribution is -0.148. The maximum absolute atomic E-state index is 13.2. The number of rotatable bonds is 8. The van der Waals surface area contributed by atoms with Gasteiger partial charge in [0.15, 0.2) is 6.04 Å². The third-order valence-corrected chi connectivity index (χ3v) is 3.85. The highest BCUT2D eigenvalue weighted by Crippen LogP contribution is 2.12. The van der Waals surface area contributed by atoms with Crippen LogP contribution in [0.2, 0.25) is 0 Å². The number of benzene rings is 1. The van der Waals surface area contributed by atoms with E-state index in [0.29, 0.717) is 6.07 Å². The van der Waals surface area contributed by atoms with Gasteiger partial charge in [0.2, 0.25) is 11.8 Å². The number of hydrogen-bond acceptors (Lipinski definition) is 5. The molecule has 1 heterocycles. The lowest BCUT2D eigenvalue weighted by atomic mass is 10.1. The molecule has 2 aromatic rings. The quantitative estimate of drug-likeness (QED) is 0.653. The fourth-order valence-corrected chi connectivity index (χ4v) is 2.55. The number of nitrogens with one attached hydrogen (secondary N) is 2. The molecule has 0 saturated heterocycles. The first-order chi connectivity index (χ1) is 13.8. The molecule has 154 valence electrons. The van der Waals surface area contributed by atoms with Crippen molar-refractivity contribution in [3.05, 3.63) is 65.5 Å². The summed E-state index contributed by atoms with van der Waals surface area (Å²) < 4.78 is 31.4. The number of ether oxygens (including phenoxy) is 1. The summed E-state index contributed by atoms with van der Waals surface area (Å²) in [6.07, 6.45) is 1.16. The van der Waals surface area contributed by atoms with Gasteiger partial charge in [-0.15, -0.1) is 0 Å². The summed E-state index contributed by atoms with van der Waals surface area (Å²) in [5.74, 6) is -3.54. The van der Waals surface area contributed by atoms with Crippen molar-refractivity contribution < 1.29 is 27.9 Å². The molecule has 0 aliphatic carbocycles. The Morgan fingerprint density at radius 2 is 1.79 bits per heavy atom. The Balaban J connectivity index is 2.01. The van der Waals surface area contributed by atoms with Crippen LogP contribution in [0, 0.1) is 11.6 Å². The smallest absolute Gasteiger partial charge is 0.334 e. The van der Waals surface area contributed by atoms with Crippen LogP contribution in [0.15, 0.2) is 42.6 Å². The van der Waals surface area contributed by atoms with Gasteiger partial charge in [0, 0.05) is 12.3 Å². The highest BCUT2D eigenvalue weighted by atomic mass is 19.1. The van der Waals surface area contributed by atoms with Crippen molar-refractivity contribution >= 4 is 17.8 Å². The van der Waals surface area contributed by atoms with Crippen molar-refractivity contribution in [3.63, 3.8) is 0 Å². The molecular weight excluding hydrogens is 384 g/mol. The summed E-state index contributed by atoms with van der Waals surface area (Å²) >= 11 is 0. The molecule has 9 heteroatoms. The number of hydrogen-bond donors (Lipinski definition) is 2. The molecule has 0 spiro atoms. The van der Waals surface area contributed by atoms with E-state index < -0.39 is 41.5 Å². The van der Waals surface area contributed by atoms with Gasteiger partial charge in [0.05, 0.1) is 18.7 Å². The van der Waals surface area contributed by atoms with E-state index >= 15 is 0 Å². The largest absolute Gasteiger partial charge is 0.464 e. The fraction of sp³-hybridized carbons (Fsp3) is 0.300. The third-order valence-electron chi connectivity index (χ3n) is 3.85. The SMILES string of the molecule is CCOC(=O)C(NC(=O)[C@H](C)NC(=O)Cc1cc(F)cc(F)c1)c1ccccn1. The van der Waals surface area contributed by atoms with Crippen LogP contribution in [0.1, 0.15) is 31.1 Å². The van der Waals surface area contributed by atoms with Crippen molar-refractivity contribution in [1.82, 2.24) is 15.6 Å². The molecule has 0 aliphatic heterocycles. The molecular formula is C20H21F2N3O4. The van der Waals surface area contributed by atoms with Crippen molar-refractivity contribution in [3.8, 4) is 0 Å². The van der Waals surface area contributed by atoms with Crippen molar-refractivity contribution in [2.45, 2.75) is 32.4 Å². The molecule has 1 aromatic heterocycles. The molecule has 0 radical (unpaired) electrons. The third kappa shape index (κ3) is 6.63. The van der Waals surface area contributed by atoms with Crippen LogP contribution in [-0.2, 0) is 25.5 Å². The topological polar surface area (TPSA) is 97.4 Å². The monoisotopic (exact) mass is 405 g/mol. The zero-order chi connectivity index (χ0) is 21.4. The number of halogens is 2. The normalized spacial score (nSPS) is 12.6. The van der Waals surface area contributed by atoms with Crippen molar-refractivity contribution in [2.75, 3.05) is 6.61 Å². The van der Waals surface area contributed by atoms with E-state index in [4.69, 9.17) is 4.74 Å². The molecule has 0 fully saturated rings. The number of carbonyl (C=O) groups excluding carboxylic acids is 3. The molecule has 0 saturated carbocycles. The van der Waals surface area contributed by atoms with Gasteiger partial charge >= 0.3 is 5.97 Å². The highest BCUT2D eigenvalue weighted by molar-refractivity contribution is 5.91. The number of aromatic nitrogens is 1. The van der Waals surface area contributed by atoms with Gasteiger partial charge in [-0.3, -0.25) is 14.6 Å². The van der Waals surface area contributed by atoms with Crippen molar-refractivity contribution in [1.29, 1.82) is 0 Å². The summed E-state index contributed by atoms with van der Waals surface area (Å²) in [4.78, 5) is 40.8. The first-order valence-electron chi connectivity index (χ1n) is 8.92. The van der Waals surface area contributed by atoms with Gasteiger partial charge in [-0.25, -0.2) is 13.6 Å². The molecule has 1 aromatic carbocycles. The average Bonchev–Trinajstić information content (AvgIpc) is 2.65. The minimum absolute atomic E-state index is 0.120. The summed E-state index contributed by atoms with van der Waals surface area (Å²) in [6, 6.07) is 5.49. The Bertz CT molecular complexity index is 857. The number of pyridine rings is 1. The minimum atomic E-state index is -1.14. The average molecular weight is 405 g/mol. The Morgan fingerprint density at radius 1 is 1.10 bits per heavy atom. The first-order valence-corrected chi connectivity index (χ1v) is 8.92. The standard InChI is InChI=1S/C20H21F2N3O4/c1-3-29-20(28)18(16-6-4-5-7-23-16)25-19(27)12(2)24-17(26)10-13-8-14(21)11-15(22)9-13/h4-9,11-12,18H,3,10H2,1-2H3,(H,24,26)(H,25,27)/t12-,18?/m0/s1. The van der Waals surface area contributed by atoms with Gasteiger partial charge in [0.1, 0.15) is 17.7 Å². The van der Waals surface area contributed by atoms with E-state index in [9.17, 15) is 23.2 Å². The van der Waals surface area contributed by atoms with Crippen LogP contribution >= 0.6 is 0 Å². The molecule has 7 nitrogen and oxygen atoms in total. The predicted octanol–water partition coefficient (Wildman–Crippen LogP) is 1.83. The Kier molecular flexibility index (Phi) is 7.76. The van der Waals surface area contributed by atoms with Crippen LogP contribution in [0.25, 0.3) is 0 Å². The number of amides is 2. The summed E-state index contributed by atoms with van der Waals surface area (Å²) in [5.41, 5.74) is 0.415. The van der Waals surface area contributed by atoms with Crippen LogP contribution in [0.4, 0.5) is 8.78 Å². The molecule has 2 rings (SSSR count). The molecule has 2 atom stereocenters. The Morgan fingerprint density at radius 3 is 2.38 bits per heavy atom. The molecule has 29 heavy (non-hydrogen) atoms. The van der Waals surface area contributed by atoms with E-state index in [1.54, 1.807) is 25.1 Å². The van der Waals surface area contributed by atoms with Crippen LogP contribution in [-0.4, -0.2) is 35.4 Å². The first kappa shape index (κ1) is 21.9.